The third-order valence-electron chi connectivity index (χ3n) is 2.74. The molecule has 8 heteroatoms. The van der Waals surface area contributed by atoms with Gasteiger partial charge in [-0.05, 0) is 30.3 Å². The van der Waals surface area contributed by atoms with Crippen molar-refractivity contribution in [1.29, 1.82) is 0 Å². The number of amides is 1. The molecule has 0 spiro atoms. The van der Waals surface area contributed by atoms with Crippen LogP contribution in [0, 0.1) is 11.6 Å². The largest absolute Gasteiger partial charge is 0.321 e. The first-order chi connectivity index (χ1) is 10.2. The van der Waals surface area contributed by atoms with Crippen LogP contribution in [0.1, 0.15) is 10.4 Å². The molecule has 0 fully saturated rings. The average Bonchev–Trinajstić information content (AvgIpc) is 2.38. The van der Waals surface area contributed by atoms with E-state index in [1.54, 1.807) is 0 Å². The summed E-state index contributed by atoms with van der Waals surface area (Å²) in [4.78, 5) is 11.9. The Morgan fingerprint density at radius 3 is 2.23 bits per heavy atom. The molecular formula is C14H10ClF2NO3S. The molecule has 0 radical (unpaired) electrons. The Morgan fingerprint density at radius 2 is 1.68 bits per heavy atom. The van der Waals surface area contributed by atoms with Crippen molar-refractivity contribution in [1.82, 2.24) is 0 Å². The van der Waals surface area contributed by atoms with Gasteiger partial charge in [0.25, 0.3) is 5.91 Å². The highest BCUT2D eigenvalue weighted by Gasteiger charge is 2.14. The third kappa shape index (κ3) is 3.80. The molecule has 2 aromatic carbocycles. The van der Waals surface area contributed by atoms with Crippen LogP contribution in [0.2, 0.25) is 5.02 Å². The zero-order valence-electron chi connectivity index (χ0n) is 11.2. The number of benzene rings is 2. The Morgan fingerprint density at radius 1 is 1.09 bits per heavy atom. The zero-order valence-corrected chi connectivity index (χ0v) is 12.8. The quantitative estimate of drug-likeness (QED) is 0.928. The second-order valence-electron chi connectivity index (χ2n) is 4.53. The number of carbonyl (C=O) groups excluding carboxylic acids is 1. The summed E-state index contributed by atoms with van der Waals surface area (Å²) < 4.78 is 49.2. The van der Waals surface area contributed by atoms with Crippen molar-refractivity contribution < 1.29 is 22.0 Å². The fourth-order valence-corrected chi connectivity index (χ4v) is 2.52. The molecule has 0 aliphatic carbocycles. The van der Waals surface area contributed by atoms with Gasteiger partial charge in [0.1, 0.15) is 11.6 Å². The van der Waals surface area contributed by atoms with Crippen molar-refractivity contribution in [2.24, 2.45) is 0 Å². The molecule has 0 bridgehead atoms. The lowest BCUT2D eigenvalue weighted by Crippen LogP contribution is -2.13. The molecular weight excluding hydrogens is 336 g/mol. The minimum Gasteiger partial charge on any atom is -0.321 e. The number of anilines is 1. The number of sulfone groups is 1. The van der Waals surface area contributed by atoms with E-state index in [9.17, 15) is 22.0 Å². The van der Waals surface area contributed by atoms with Gasteiger partial charge in [-0.2, -0.15) is 0 Å². The van der Waals surface area contributed by atoms with Crippen LogP contribution in [0.25, 0.3) is 0 Å². The summed E-state index contributed by atoms with van der Waals surface area (Å²) in [6.07, 6.45) is 1.00. The molecule has 0 unspecified atom stereocenters. The summed E-state index contributed by atoms with van der Waals surface area (Å²) in [5.74, 6) is -2.62. The lowest BCUT2D eigenvalue weighted by atomic mass is 10.2. The molecule has 4 nitrogen and oxygen atoms in total. The number of nitrogens with one attached hydrogen (secondary N) is 1. The van der Waals surface area contributed by atoms with Crippen molar-refractivity contribution in [2.45, 2.75) is 4.90 Å². The monoisotopic (exact) mass is 345 g/mol. The number of halogens is 3. The molecule has 0 aromatic heterocycles. The second kappa shape index (κ2) is 6.02. The van der Waals surface area contributed by atoms with Gasteiger partial charge in [-0.25, -0.2) is 17.2 Å². The van der Waals surface area contributed by atoms with Crippen molar-refractivity contribution in [2.75, 3.05) is 11.6 Å². The van der Waals surface area contributed by atoms with Crippen molar-refractivity contribution in [3.63, 3.8) is 0 Å². The molecule has 1 N–H and O–H groups in total. The van der Waals surface area contributed by atoms with Gasteiger partial charge in [-0.15, -0.1) is 0 Å². The van der Waals surface area contributed by atoms with E-state index in [1.807, 2.05) is 0 Å². The Kier molecular flexibility index (Phi) is 4.48. The molecule has 0 saturated heterocycles. The van der Waals surface area contributed by atoms with Gasteiger partial charge >= 0.3 is 0 Å². The number of carbonyl (C=O) groups is 1. The number of hydrogen-bond acceptors (Lipinski definition) is 3. The van der Waals surface area contributed by atoms with Crippen LogP contribution in [0.3, 0.4) is 0 Å². The standard InChI is InChI=1S/C14H10ClF2NO3S/c1-22(20,21)11-2-3-12(15)13(7-11)18-14(19)8-4-9(16)6-10(17)5-8/h2-7H,1H3,(H,18,19). The molecule has 0 atom stereocenters. The van der Waals surface area contributed by atoms with Crippen molar-refractivity contribution in [3.05, 3.63) is 58.6 Å². The molecule has 0 aliphatic heterocycles. The molecule has 2 rings (SSSR count). The van der Waals surface area contributed by atoms with E-state index in [0.717, 1.165) is 18.4 Å². The van der Waals surface area contributed by atoms with Crippen molar-refractivity contribution >= 4 is 33.0 Å². The summed E-state index contributed by atoms with van der Waals surface area (Å²) in [7, 11) is -3.49. The third-order valence-corrected chi connectivity index (χ3v) is 4.18. The van der Waals surface area contributed by atoms with E-state index in [1.165, 1.54) is 18.2 Å². The number of rotatable bonds is 3. The zero-order chi connectivity index (χ0) is 16.5. The lowest BCUT2D eigenvalue weighted by Gasteiger charge is -2.09. The van der Waals surface area contributed by atoms with Gasteiger partial charge in [0.2, 0.25) is 0 Å². The van der Waals surface area contributed by atoms with E-state index in [0.29, 0.717) is 6.07 Å². The van der Waals surface area contributed by atoms with Gasteiger partial charge in [0.05, 0.1) is 15.6 Å². The maximum absolute atomic E-state index is 13.1. The van der Waals surface area contributed by atoms with Crippen LogP contribution < -0.4 is 5.32 Å². The molecule has 0 heterocycles. The molecule has 116 valence electrons. The summed E-state index contributed by atoms with van der Waals surface area (Å²) in [5, 5.41) is 2.42. The highest BCUT2D eigenvalue weighted by molar-refractivity contribution is 7.90. The van der Waals surface area contributed by atoms with Gasteiger partial charge in [-0.1, -0.05) is 11.6 Å². The van der Waals surface area contributed by atoms with E-state index in [4.69, 9.17) is 11.6 Å². The summed E-state index contributed by atoms with van der Waals surface area (Å²) in [6.45, 7) is 0. The van der Waals surface area contributed by atoms with Crippen LogP contribution in [0.5, 0.6) is 0 Å². The summed E-state index contributed by atoms with van der Waals surface area (Å²) in [6, 6.07) is 6.10. The second-order valence-corrected chi connectivity index (χ2v) is 6.95. The minimum atomic E-state index is -3.49. The molecule has 0 saturated carbocycles. The normalized spacial score (nSPS) is 11.3. The van der Waals surface area contributed by atoms with Gasteiger partial charge in [0.15, 0.2) is 9.84 Å². The predicted octanol–water partition coefficient (Wildman–Crippen LogP) is 3.27. The molecule has 0 aliphatic rings. The van der Waals surface area contributed by atoms with Gasteiger partial charge in [-0.3, -0.25) is 4.79 Å². The van der Waals surface area contributed by atoms with Crippen LogP contribution >= 0.6 is 11.6 Å². The highest BCUT2D eigenvalue weighted by atomic mass is 35.5. The van der Waals surface area contributed by atoms with E-state index in [-0.39, 0.29) is 21.2 Å². The fraction of sp³-hybridized carbons (Fsp3) is 0.0714. The predicted molar refractivity (Wildman–Crippen MR) is 78.9 cm³/mol. The first-order valence-electron chi connectivity index (χ1n) is 5.94. The molecule has 2 aromatic rings. The van der Waals surface area contributed by atoms with Crippen LogP contribution in [0.4, 0.5) is 14.5 Å². The van der Waals surface area contributed by atoms with E-state index >= 15 is 0 Å². The summed E-state index contributed by atoms with van der Waals surface area (Å²) >= 11 is 5.88. The Bertz CT molecular complexity index is 833. The Hall–Kier alpha value is -1.99. The van der Waals surface area contributed by atoms with Crippen LogP contribution in [-0.4, -0.2) is 20.6 Å². The van der Waals surface area contributed by atoms with Gasteiger partial charge in [0, 0.05) is 17.9 Å². The van der Waals surface area contributed by atoms with Crippen molar-refractivity contribution in [3.8, 4) is 0 Å². The Balaban J connectivity index is 2.36. The maximum Gasteiger partial charge on any atom is 0.255 e. The lowest BCUT2D eigenvalue weighted by molar-refractivity contribution is 0.102. The SMILES string of the molecule is CS(=O)(=O)c1ccc(Cl)c(NC(=O)c2cc(F)cc(F)c2)c1. The first kappa shape index (κ1) is 16.4. The van der Waals surface area contributed by atoms with E-state index in [2.05, 4.69) is 5.32 Å². The van der Waals surface area contributed by atoms with Gasteiger partial charge < -0.3 is 5.32 Å². The molecule has 22 heavy (non-hydrogen) atoms. The van der Waals surface area contributed by atoms with E-state index < -0.39 is 27.4 Å². The minimum absolute atomic E-state index is 0.0271. The Labute approximate surface area is 130 Å². The number of hydrogen-bond donors (Lipinski definition) is 1. The maximum atomic E-state index is 13.1. The average molecular weight is 346 g/mol. The van der Waals surface area contributed by atoms with Crippen LogP contribution in [0.15, 0.2) is 41.3 Å². The topological polar surface area (TPSA) is 63.2 Å². The molecule has 1 amide bonds. The first-order valence-corrected chi connectivity index (χ1v) is 8.21. The highest BCUT2D eigenvalue weighted by Crippen LogP contribution is 2.26. The smallest absolute Gasteiger partial charge is 0.255 e. The summed E-state index contributed by atoms with van der Waals surface area (Å²) in [5.41, 5.74) is -0.224. The fourth-order valence-electron chi connectivity index (χ4n) is 1.71. The van der Waals surface area contributed by atoms with Crippen LogP contribution in [-0.2, 0) is 9.84 Å².